The van der Waals surface area contributed by atoms with Gasteiger partial charge in [-0.05, 0) is 33.1 Å². The van der Waals surface area contributed by atoms with Crippen LogP contribution < -0.4 is 10.6 Å². The van der Waals surface area contributed by atoms with Gasteiger partial charge >= 0.3 is 0 Å². The smallest absolute Gasteiger partial charge is 0.224 e. The molecule has 0 spiro atoms. The third kappa shape index (κ3) is 5.42. The first-order valence-electron chi connectivity index (χ1n) is 6.88. The van der Waals surface area contributed by atoms with E-state index in [4.69, 9.17) is 0 Å². The minimum Gasteiger partial charge on any atom is -0.388 e. The van der Waals surface area contributed by atoms with E-state index >= 15 is 0 Å². The van der Waals surface area contributed by atoms with Crippen LogP contribution in [0.25, 0.3) is 0 Å². The van der Waals surface area contributed by atoms with E-state index in [2.05, 4.69) is 34.4 Å². The zero-order valence-electron chi connectivity index (χ0n) is 12.6. The lowest BCUT2D eigenvalue weighted by Gasteiger charge is -2.26. The molecule has 0 saturated carbocycles. The molecule has 0 aliphatic rings. The van der Waals surface area contributed by atoms with E-state index in [9.17, 15) is 5.11 Å². The van der Waals surface area contributed by atoms with Gasteiger partial charge in [0.05, 0.1) is 5.60 Å². The lowest BCUT2D eigenvalue weighted by molar-refractivity contribution is 0.0514. The van der Waals surface area contributed by atoms with E-state index in [0.717, 1.165) is 24.3 Å². The summed E-state index contributed by atoms with van der Waals surface area (Å²) in [6.45, 7) is 11.3. The molecule has 5 nitrogen and oxygen atoms in total. The summed E-state index contributed by atoms with van der Waals surface area (Å²) in [5.41, 5.74) is 0.242. The van der Waals surface area contributed by atoms with Crippen LogP contribution in [-0.2, 0) is 0 Å². The average molecular weight is 266 g/mol. The van der Waals surface area contributed by atoms with Crippen molar-refractivity contribution in [2.75, 3.05) is 23.7 Å². The maximum Gasteiger partial charge on any atom is 0.224 e. The molecule has 0 aliphatic carbocycles. The quantitative estimate of drug-likeness (QED) is 0.707. The van der Waals surface area contributed by atoms with Gasteiger partial charge in [-0.2, -0.15) is 4.98 Å². The first kappa shape index (κ1) is 15.7. The van der Waals surface area contributed by atoms with Crippen LogP contribution in [0.1, 0.15) is 39.7 Å². The molecule has 5 heteroatoms. The van der Waals surface area contributed by atoms with Crippen molar-refractivity contribution in [3.63, 3.8) is 0 Å². The average Bonchev–Trinajstić information content (AvgIpc) is 2.28. The summed E-state index contributed by atoms with van der Waals surface area (Å²) in [6, 6.07) is 0. The SMILES string of the molecule is CCNc1ncc(C)c(NCC(C)(O)CC(C)C)n1. The van der Waals surface area contributed by atoms with Gasteiger partial charge in [0.1, 0.15) is 5.82 Å². The molecule has 0 fully saturated rings. The van der Waals surface area contributed by atoms with Crippen LogP contribution in [0.4, 0.5) is 11.8 Å². The van der Waals surface area contributed by atoms with Crippen molar-refractivity contribution in [1.82, 2.24) is 9.97 Å². The second-order valence-corrected chi connectivity index (χ2v) is 5.70. The highest BCUT2D eigenvalue weighted by Gasteiger charge is 2.22. The zero-order chi connectivity index (χ0) is 14.5. The van der Waals surface area contributed by atoms with Crippen molar-refractivity contribution < 1.29 is 5.11 Å². The summed E-state index contributed by atoms with van der Waals surface area (Å²) in [6.07, 6.45) is 2.54. The Morgan fingerprint density at radius 1 is 1.37 bits per heavy atom. The van der Waals surface area contributed by atoms with Crippen LogP contribution in [0.5, 0.6) is 0 Å². The number of rotatable bonds is 7. The van der Waals surface area contributed by atoms with Gasteiger partial charge in [-0.3, -0.25) is 0 Å². The fourth-order valence-electron chi connectivity index (χ4n) is 2.09. The number of aliphatic hydroxyl groups is 1. The Morgan fingerprint density at radius 3 is 2.63 bits per heavy atom. The second-order valence-electron chi connectivity index (χ2n) is 5.70. The summed E-state index contributed by atoms with van der Waals surface area (Å²) in [4.78, 5) is 8.60. The fourth-order valence-corrected chi connectivity index (χ4v) is 2.09. The standard InChI is InChI=1S/C14H26N4O/c1-6-15-13-16-8-11(4)12(18-13)17-9-14(5,19)7-10(2)3/h8,10,19H,6-7,9H2,1-5H3,(H2,15,16,17,18). The molecule has 0 radical (unpaired) electrons. The van der Waals surface area contributed by atoms with Crippen molar-refractivity contribution in [3.8, 4) is 0 Å². The summed E-state index contributed by atoms with van der Waals surface area (Å²) in [5, 5.41) is 16.6. The molecule has 1 aromatic heterocycles. The molecular formula is C14H26N4O. The predicted octanol–water partition coefficient (Wildman–Crippen LogP) is 2.43. The number of anilines is 2. The van der Waals surface area contributed by atoms with Crippen LogP contribution >= 0.6 is 0 Å². The third-order valence-corrected chi connectivity index (χ3v) is 2.79. The zero-order valence-corrected chi connectivity index (χ0v) is 12.6. The van der Waals surface area contributed by atoms with Gasteiger partial charge < -0.3 is 15.7 Å². The molecule has 0 aliphatic heterocycles. The number of nitrogens with one attached hydrogen (secondary N) is 2. The van der Waals surface area contributed by atoms with E-state index in [1.54, 1.807) is 6.20 Å². The molecular weight excluding hydrogens is 240 g/mol. The van der Waals surface area contributed by atoms with Crippen LogP contribution in [-0.4, -0.2) is 33.8 Å². The number of hydrogen-bond donors (Lipinski definition) is 3. The number of hydrogen-bond acceptors (Lipinski definition) is 5. The Morgan fingerprint density at radius 2 is 2.05 bits per heavy atom. The highest BCUT2D eigenvalue weighted by molar-refractivity contribution is 5.46. The van der Waals surface area contributed by atoms with E-state index in [0.29, 0.717) is 18.4 Å². The van der Waals surface area contributed by atoms with Gasteiger partial charge in [0.15, 0.2) is 0 Å². The molecule has 1 atom stereocenters. The molecule has 1 heterocycles. The highest BCUT2D eigenvalue weighted by atomic mass is 16.3. The topological polar surface area (TPSA) is 70.1 Å². The minimum absolute atomic E-state index is 0.459. The van der Waals surface area contributed by atoms with E-state index in [1.807, 2.05) is 20.8 Å². The summed E-state index contributed by atoms with van der Waals surface area (Å²) in [5.74, 6) is 1.84. The van der Waals surface area contributed by atoms with Gasteiger partial charge in [0.25, 0.3) is 0 Å². The third-order valence-electron chi connectivity index (χ3n) is 2.79. The van der Waals surface area contributed by atoms with Crippen molar-refractivity contribution in [1.29, 1.82) is 0 Å². The van der Waals surface area contributed by atoms with Crippen LogP contribution in [0.2, 0.25) is 0 Å². The Bertz CT molecular complexity index is 404. The molecule has 19 heavy (non-hydrogen) atoms. The maximum absolute atomic E-state index is 10.3. The minimum atomic E-state index is -0.732. The fraction of sp³-hybridized carbons (Fsp3) is 0.714. The van der Waals surface area contributed by atoms with Gasteiger partial charge in [0.2, 0.25) is 5.95 Å². The van der Waals surface area contributed by atoms with E-state index in [1.165, 1.54) is 0 Å². The number of aryl methyl sites for hydroxylation is 1. The first-order chi connectivity index (χ1) is 8.84. The Balaban J connectivity index is 2.68. The number of nitrogens with zero attached hydrogens (tertiary/aromatic N) is 2. The van der Waals surface area contributed by atoms with Crippen molar-refractivity contribution in [3.05, 3.63) is 11.8 Å². The Kier molecular flexibility index (Phi) is 5.54. The van der Waals surface area contributed by atoms with E-state index < -0.39 is 5.60 Å². The van der Waals surface area contributed by atoms with Crippen molar-refractivity contribution in [2.45, 2.75) is 46.6 Å². The van der Waals surface area contributed by atoms with Crippen molar-refractivity contribution >= 4 is 11.8 Å². The molecule has 0 aromatic carbocycles. The van der Waals surface area contributed by atoms with Crippen LogP contribution in [0, 0.1) is 12.8 Å². The summed E-state index contributed by atoms with van der Waals surface area (Å²) >= 11 is 0. The van der Waals surface area contributed by atoms with Gasteiger partial charge in [-0.15, -0.1) is 0 Å². The molecule has 1 rings (SSSR count). The molecule has 3 N–H and O–H groups in total. The van der Waals surface area contributed by atoms with Crippen LogP contribution in [0.15, 0.2) is 6.20 Å². The number of aromatic nitrogens is 2. The van der Waals surface area contributed by atoms with E-state index in [-0.39, 0.29) is 0 Å². The first-order valence-corrected chi connectivity index (χ1v) is 6.88. The second kappa shape index (κ2) is 6.70. The summed E-state index contributed by atoms with van der Waals surface area (Å²) < 4.78 is 0. The molecule has 0 saturated heterocycles. The monoisotopic (exact) mass is 266 g/mol. The summed E-state index contributed by atoms with van der Waals surface area (Å²) in [7, 11) is 0. The molecule has 1 unspecified atom stereocenters. The molecule has 0 bridgehead atoms. The lowest BCUT2D eigenvalue weighted by Crippen LogP contribution is -2.35. The van der Waals surface area contributed by atoms with Crippen molar-refractivity contribution in [2.24, 2.45) is 5.92 Å². The Labute approximate surface area is 115 Å². The van der Waals surface area contributed by atoms with Crippen LogP contribution in [0.3, 0.4) is 0 Å². The predicted molar refractivity (Wildman–Crippen MR) is 79.5 cm³/mol. The molecule has 1 aromatic rings. The van der Waals surface area contributed by atoms with Gasteiger partial charge in [0, 0.05) is 24.8 Å². The highest BCUT2D eigenvalue weighted by Crippen LogP contribution is 2.18. The Hall–Kier alpha value is -1.36. The normalized spacial score (nSPS) is 14.3. The molecule has 0 amide bonds. The lowest BCUT2D eigenvalue weighted by atomic mass is 9.94. The van der Waals surface area contributed by atoms with Gasteiger partial charge in [-0.1, -0.05) is 13.8 Å². The largest absolute Gasteiger partial charge is 0.388 e. The maximum atomic E-state index is 10.3. The molecule has 108 valence electrons. The van der Waals surface area contributed by atoms with Gasteiger partial charge in [-0.25, -0.2) is 4.98 Å².